The van der Waals surface area contributed by atoms with Gasteiger partial charge in [0.15, 0.2) is 12.4 Å². The highest BCUT2D eigenvalue weighted by Crippen LogP contribution is 2.23. The molecule has 1 aromatic heterocycles. The fraction of sp³-hybridized carbons (Fsp3) is 0.242. The van der Waals surface area contributed by atoms with Crippen molar-refractivity contribution < 1.29 is 4.57 Å². The fourth-order valence-corrected chi connectivity index (χ4v) is 4.56. The SMILES string of the molecule is CCN(CC)c1ccc(N2C=CC(=CC=Cc3cc[n+](-c4ccc(N(CC)CC)cc4)cc3)C=C2)cc1. The highest BCUT2D eigenvalue weighted by Gasteiger charge is 2.08. The molecular weight excluding hydrogens is 452 g/mol. The van der Waals surface area contributed by atoms with Crippen molar-refractivity contribution in [2.45, 2.75) is 27.7 Å². The summed E-state index contributed by atoms with van der Waals surface area (Å²) in [6, 6.07) is 21.8. The summed E-state index contributed by atoms with van der Waals surface area (Å²) in [7, 11) is 0. The largest absolute Gasteiger partial charge is 0.372 e. The predicted octanol–water partition coefficient (Wildman–Crippen LogP) is 7.14. The second-order valence-electron chi connectivity index (χ2n) is 8.98. The van der Waals surface area contributed by atoms with Crippen molar-refractivity contribution in [3.8, 4) is 5.69 Å². The van der Waals surface area contributed by atoms with Crippen molar-refractivity contribution in [2.75, 3.05) is 40.9 Å². The van der Waals surface area contributed by atoms with Gasteiger partial charge in [0.05, 0.1) is 0 Å². The van der Waals surface area contributed by atoms with E-state index in [1.165, 1.54) is 33.9 Å². The Hall–Kier alpha value is -4.05. The normalized spacial score (nSPS) is 12.9. The third kappa shape index (κ3) is 6.59. The first kappa shape index (κ1) is 26.0. The van der Waals surface area contributed by atoms with Crippen LogP contribution in [0.2, 0.25) is 0 Å². The van der Waals surface area contributed by atoms with Crippen LogP contribution in [0.3, 0.4) is 0 Å². The number of anilines is 3. The van der Waals surface area contributed by atoms with Gasteiger partial charge in [0.25, 0.3) is 0 Å². The Kier molecular flexibility index (Phi) is 8.98. The maximum Gasteiger partial charge on any atom is 0.210 e. The molecule has 4 rings (SSSR count). The van der Waals surface area contributed by atoms with Gasteiger partial charge < -0.3 is 14.7 Å². The van der Waals surface area contributed by atoms with Crippen molar-refractivity contribution in [1.29, 1.82) is 0 Å². The lowest BCUT2D eigenvalue weighted by atomic mass is 10.1. The Labute approximate surface area is 222 Å². The zero-order chi connectivity index (χ0) is 26.0. The molecule has 4 nitrogen and oxygen atoms in total. The summed E-state index contributed by atoms with van der Waals surface area (Å²) in [5.41, 5.74) is 7.21. The first-order chi connectivity index (χ1) is 18.1. The molecule has 3 aromatic rings. The van der Waals surface area contributed by atoms with E-state index in [9.17, 15) is 0 Å². The van der Waals surface area contributed by atoms with Crippen LogP contribution in [-0.4, -0.2) is 26.2 Å². The van der Waals surface area contributed by atoms with Gasteiger partial charge in [0, 0.05) is 79.9 Å². The van der Waals surface area contributed by atoms with E-state index in [1.54, 1.807) is 0 Å². The van der Waals surface area contributed by atoms with Gasteiger partial charge >= 0.3 is 0 Å². The van der Waals surface area contributed by atoms with Crippen LogP contribution in [0.5, 0.6) is 0 Å². The Morgan fingerprint density at radius 1 is 0.676 bits per heavy atom. The zero-order valence-corrected chi connectivity index (χ0v) is 22.6. The van der Waals surface area contributed by atoms with Gasteiger partial charge in [-0.3, -0.25) is 0 Å². The fourth-order valence-electron chi connectivity index (χ4n) is 4.56. The van der Waals surface area contributed by atoms with E-state index in [1.807, 2.05) is 0 Å². The molecule has 190 valence electrons. The zero-order valence-electron chi connectivity index (χ0n) is 22.6. The minimum Gasteiger partial charge on any atom is -0.372 e. The molecule has 0 amide bonds. The topological polar surface area (TPSA) is 13.6 Å². The summed E-state index contributed by atoms with van der Waals surface area (Å²) in [6.07, 6.45) is 19.1. The molecule has 0 saturated heterocycles. The van der Waals surface area contributed by atoms with E-state index in [0.717, 1.165) is 26.2 Å². The standard InChI is InChI=1S/C33H39N4/c1-5-34(6-2)30-12-16-32(17-13-30)36-24-20-28(21-25-36)10-9-11-29-22-26-37(27-23-29)33-18-14-31(15-19-33)35(7-3)8-4/h9-27H,5-8H2,1-4H3/q+1. The third-order valence-electron chi connectivity index (χ3n) is 6.84. The number of aromatic nitrogens is 1. The maximum absolute atomic E-state index is 2.36. The van der Waals surface area contributed by atoms with Crippen molar-refractivity contribution in [1.82, 2.24) is 0 Å². The molecule has 2 aromatic carbocycles. The molecule has 0 spiro atoms. The van der Waals surface area contributed by atoms with Gasteiger partial charge in [-0.1, -0.05) is 18.2 Å². The van der Waals surface area contributed by atoms with Gasteiger partial charge in [-0.2, -0.15) is 4.57 Å². The first-order valence-electron chi connectivity index (χ1n) is 13.4. The Bertz CT molecular complexity index is 1230. The quantitative estimate of drug-likeness (QED) is 0.280. The van der Waals surface area contributed by atoms with Gasteiger partial charge in [0.1, 0.15) is 0 Å². The lowest BCUT2D eigenvalue weighted by Crippen LogP contribution is -2.29. The molecule has 37 heavy (non-hydrogen) atoms. The van der Waals surface area contributed by atoms with Crippen LogP contribution in [0.15, 0.2) is 115 Å². The van der Waals surface area contributed by atoms with Crippen LogP contribution >= 0.6 is 0 Å². The molecule has 1 aliphatic rings. The summed E-state index contributed by atoms with van der Waals surface area (Å²) < 4.78 is 2.15. The van der Waals surface area contributed by atoms with Gasteiger partial charge in [-0.25, -0.2) is 0 Å². The molecule has 0 atom stereocenters. The molecule has 0 N–H and O–H groups in total. The van der Waals surface area contributed by atoms with Crippen molar-refractivity contribution >= 4 is 23.1 Å². The minimum atomic E-state index is 1.02. The molecule has 1 aliphatic heterocycles. The molecule has 0 unspecified atom stereocenters. The molecule has 2 heterocycles. The highest BCUT2D eigenvalue weighted by molar-refractivity contribution is 5.62. The van der Waals surface area contributed by atoms with E-state index in [-0.39, 0.29) is 0 Å². The molecule has 0 aliphatic carbocycles. The Morgan fingerprint density at radius 2 is 1.19 bits per heavy atom. The summed E-state index contributed by atoms with van der Waals surface area (Å²) in [5, 5.41) is 0. The van der Waals surface area contributed by atoms with Gasteiger partial charge in [-0.05, 0) is 87.4 Å². The molecular formula is C33H39N4+. The van der Waals surface area contributed by atoms with Crippen molar-refractivity contribution in [3.05, 3.63) is 121 Å². The molecule has 0 saturated carbocycles. The smallest absolute Gasteiger partial charge is 0.210 e. The number of hydrogen-bond acceptors (Lipinski definition) is 3. The summed E-state index contributed by atoms with van der Waals surface area (Å²) >= 11 is 0. The number of benzene rings is 2. The van der Waals surface area contributed by atoms with Crippen LogP contribution in [0, 0.1) is 0 Å². The Balaban J connectivity index is 1.34. The summed E-state index contributed by atoms with van der Waals surface area (Å²) in [4.78, 5) is 6.86. The lowest BCUT2D eigenvalue weighted by molar-refractivity contribution is -0.595. The first-order valence-corrected chi connectivity index (χ1v) is 13.4. The summed E-state index contributed by atoms with van der Waals surface area (Å²) in [6.45, 7) is 12.9. The molecule has 0 radical (unpaired) electrons. The van der Waals surface area contributed by atoms with E-state index in [2.05, 4.69) is 163 Å². The molecule has 0 bridgehead atoms. The number of allylic oxidation sites excluding steroid dienone is 5. The minimum absolute atomic E-state index is 1.02. The van der Waals surface area contributed by atoms with Crippen LogP contribution < -0.4 is 19.3 Å². The Morgan fingerprint density at radius 3 is 1.70 bits per heavy atom. The number of pyridine rings is 1. The van der Waals surface area contributed by atoms with Crippen LogP contribution in [0.1, 0.15) is 33.3 Å². The second kappa shape index (κ2) is 12.8. The van der Waals surface area contributed by atoms with Crippen molar-refractivity contribution in [2.24, 2.45) is 0 Å². The average Bonchev–Trinajstić information content (AvgIpc) is 2.96. The third-order valence-corrected chi connectivity index (χ3v) is 6.84. The van der Waals surface area contributed by atoms with E-state index >= 15 is 0 Å². The summed E-state index contributed by atoms with van der Waals surface area (Å²) in [5.74, 6) is 0. The second-order valence-corrected chi connectivity index (χ2v) is 8.98. The monoisotopic (exact) mass is 491 g/mol. The van der Waals surface area contributed by atoms with Gasteiger partial charge in [-0.15, -0.1) is 0 Å². The van der Waals surface area contributed by atoms with Crippen LogP contribution in [0.4, 0.5) is 17.1 Å². The highest BCUT2D eigenvalue weighted by atomic mass is 15.1. The van der Waals surface area contributed by atoms with E-state index in [4.69, 9.17) is 0 Å². The van der Waals surface area contributed by atoms with Gasteiger partial charge in [0.2, 0.25) is 5.69 Å². The van der Waals surface area contributed by atoms with E-state index in [0.29, 0.717) is 0 Å². The van der Waals surface area contributed by atoms with Crippen LogP contribution in [-0.2, 0) is 0 Å². The average molecular weight is 492 g/mol. The molecule has 0 fully saturated rings. The molecule has 4 heteroatoms. The van der Waals surface area contributed by atoms with Crippen LogP contribution in [0.25, 0.3) is 11.8 Å². The number of hydrogen-bond donors (Lipinski definition) is 0. The lowest BCUT2D eigenvalue weighted by Gasteiger charge is -2.23. The number of nitrogens with zero attached hydrogens (tertiary/aromatic N) is 4. The van der Waals surface area contributed by atoms with E-state index < -0.39 is 0 Å². The van der Waals surface area contributed by atoms with Crippen molar-refractivity contribution in [3.63, 3.8) is 0 Å². The maximum atomic E-state index is 2.36. The predicted molar refractivity (Wildman–Crippen MR) is 159 cm³/mol. The number of rotatable bonds is 10.